The Morgan fingerprint density at radius 3 is 2.81 bits per heavy atom. The summed E-state index contributed by atoms with van der Waals surface area (Å²) < 4.78 is 5.22. The number of terminal acetylenes is 1. The lowest BCUT2D eigenvalue weighted by molar-refractivity contribution is 0.0170. The van der Waals surface area contributed by atoms with Gasteiger partial charge in [0.15, 0.2) is 0 Å². The Balaban J connectivity index is 2.61. The zero-order valence-electron chi connectivity index (χ0n) is 13.4. The standard InChI is InChI=1S/C18H27NO2/c1-5-10-21-14-18(20)13-19(16(4)6-2)12-17-9-7-8-15(3)11-17/h1,7-9,11,16,18,20H,6,10,12-14H2,2-4H3/t16-,18+/m0/s1. The number of aryl methyl sites for hydroxylation is 1. The van der Waals surface area contributed by atoms with Crippen LogP contribution in [0.1, 0.15) is 31.4 Å². The number of ether oxygens (including phenoxy) is 1. The van der Waals surface area contributed by atoms with Gasteiger partial charge >= 0.3 is 0 Å². The van der Waals surface area contributed by atoms with E-state index in [2.05, 4.69) is 55.9 Å². The fourth-order valence-electron chi connectivity index (χ4n) is 2.28. The zero-order valence-corrected chi connectivity index (χ0v) is 13.4. The Kier molecular flexibility index (Phi) is 8.07. The molecule has 0 aliphatic heterocycles. The predicted octanol–water partition coefficient (Wildman–Crippen LogP) is 2.61. The van der Waals surface area contributed by atoms with Crippen LogP contribution < -0.4 is 0 Å². The van der Waals surface area contributed by atoms with Crippen LogP contribution in [0.5, 0.6) is 0 Å². The largest absolute Gasteiger partial charge is 0.389 e. The first kappa shape index (κ1) is 17.7. The van der Waals surface area contributed by atoms with Crippen molar-refractivity contribution in [1.29, 1.82) is 0 Å². The van der Waals surface area contributed by atoms with Crippen LogP contribution >= 0.6 is 0 Å². The lowest BCUT2D eigenvalue weighted by Crippen LogP contribution is -2.40. The van der Waals surface area contributed by atoms with Crippen LogP contribution in [0.4, 0.5) is 0 Å². The van der Waals surface area contributed by atoms with Gasteiger partial charge in [0.2, 0.25) is 0 Å². The monoisotopic (exact) mass is 289 g/mol. The van der Waals surface area contributed by atoms with E-state index in [4.69, 9.17) is 11.2 Å². The van der Waals surface area contributed by atoms with Crippen LogP contribution in [0.15, 0.2) is 24.3 Å². The van der Waals surface area contributed by atoms with Gasteiger partial charge in [-0.15, -0.1) is 6.42 Å². The lowest BCUT2D eigenvalue weighted by Gasteiger charge is -2.30. The Hall–Kier alpha value is -1.34. The fourth-order valence-corrected chi connectivity index (χ4v) is 2.28. The van der Waals surface area contributed by atoms with Crippen molar-refractivity contribution in [3.8, 4) is 12.3 Å². The minimum atomic E-state index is -0.517. The van der Waals surface area contributed by atoms with Gasteiger partial charge in [-0.3, -0.25) is 4.90 Å². The summed E-state index contributed by atoms with van der Waals surface area (Å²) in [6, 6.07) is 8.90. The first-order chi connectivity index (χ1) is 10.1. The molecule has 3 nitrogen and oxygen atoms in total. The molecule has 0 saturated heterocycles. The quantitative estimate of drug-likeness (QED) is 0.560. The average molecular weight is 289 g/mol. The summed E-state index contributed by atoms with van der Waals surface area (Å²) >= 11 is 0. The molecule has 0 amide bonds. The second kappa shape index (κ2) is 9.57. The Bertz CT molecular complexity index is 453. The third kappa shape index (κ3) is 6.77. The maximum atomic E-state index is 10.1. The molecule has 1 aromatic carbocycles. The van der Waals surface area contributed by atoms with Crippen molar-refractivity contribution in [2.24, 2.45) is 0 Å². The molecule has 0 aliphatic rings. The van der Waals surface area contributed by atoms with Crippen LogP contribution in [-0.4, -0.2) is 41.9 Å². The molecular formula is C18H27NO2. The molecule has 1 rings (SSSR count). The molecule has 0 bridgehead atoms. The van der Waals surface area contributed by atoms with Gasteiger partial charge in [-0.2, -0.15) is 0 Å². The number of aliphatic hydroxyl groups is 1. The summed E-state index contributed by atoms with van der Waals surface area (Å²) in [4.78, 5) is 2.29. The average Bonchev–Trinajstić information content (AvgIpc) is 2.46. The molecule has 2 atom stereocenters. The second-order valence-electron chi connectivity index (χ2n) is 5.55. The van der Waals surface area contributed by atoms with Gasteiger partial charge in [-0.1, -0.05) is 42.7 Å². The molecule has 3 heteroatoms. The van der Waals surface area contributed by atoms with E-state index in [1.807, 2.05) is 0 Å². The molecule has 0 saturated carbocycles. The van der Waals surface area contributed by atoms with E-state index in [1.165, 1.54) is 11.1 Å². The first-order valence-corrected chi connectivity index (χ1v) is 7.55. The van der Waals surface area contributed by atoms with Gasteiger partial charge in [-0.25, -0.2) is 0 Å². The molecule has 0 spiro atoms. The summed E-state index contributed by atoms with van der Waals surface area (Å²) in [7, 11) is 0. The summed E-state index contributed by atoms with van der Waals surface area (Å²) in [5.41, 5.74) is 2.53. The van der Waals surface area contributed by atoms with Crippen molar-refractivity contribution in [1.82, 2.24) is 4.90 Å². The third-order valence-electron chi connectivity index (χ3n) is 3.62. The normalized spacial score (nSPS) is 13.9. The van der Waals surface area contributed by atoms with Gasteiger partial charge in [0.05, 0.1) is 12.7 Å². The second-order valence-corrected chi connectivity index (χ2v) is 5.55. The van der Waals surface area contributed by atoms with Crippen LogP contribution in [0.25, 0.3) is 0 Å². The number of rotatable bonds is 9. The highest BCUT2D eigenvalue weighted by molar-refractivity contribution is 5.22. The van der Waals surface area contributed by atoms with Crippen LogP contribution in [0, 0.1) is 19.3 Å². The predicted molar refractivity (Wildman–Crippen MR) is 87.0 cm³/mol. The first-order valence-electron chi connectivity index (χ1n) is 7.55. The molecular weight excluding hydrogens is 262 g/mol. The molecule has 1 aromatic rings. The highest BCUT2D eigenvalue weighted by atomic mass is 16.5. The smallest absolute Gasteiger partial charge is 0.107 e. The number of hydrogen-bond donors (Lipinski definition) is 1. The molecule has 21 heavy (non-hydrogen) atoms. The van der Waals surface area contributed by atoms with E-state index in [9.17, 15) is 5.11 Å². The van der Waals surface area contributed by atoms with Gasteiger partial charge in [0.1, 0.15) is 6.61 Å². The number of benzene rings is 1. The summed E-state index contributed by atoms with van der Waals surface area (Å²) in [6.07, 6.45) is 5.66. The molecule has 116 valence electrons. The van der Waals surface area contributed by atoms with Gasteiger partial charge in [0, 0.05) is 19.1 Å². The van der Waals surface area contributed by atoms with Crippen molar-refractivity contribution < 1.29 is 9.84 Å². The molecule has 0 unspecified atom stereocenters. The SMILES string of the molecule is C#CCOC[C@H](O)CN(Cc1cccc(C)c1)[C@@H](C)CC. The maximum Gasteiger partial charge on any atom is 0.107 e. The lowest BCUT2D eigenvalue weighted by atomic mass is 10.1. The van der Waals surface area contributed by atoms with Crippen LogP contribution in [-0.2, 0) is 11.3 Å². The van der Waals surface area contributed by atoms with Crippen molar-refractivity contribution in [3.05, 3.63) is 35.4 Å². The highest BCUT2D eigenvalue weighted by Gasteiger charge is 2.17. The minimum Gasteiger partial charge on any atom is -0.389 e. The Morgan fingerprint density at radius 1 is 1.43 bits per heavy atom. The fraction of sp³-hybridized carbons (Fsp3) is 0.556. The summed E-state index contributed by atoms with van der Waals surface area (Å²) in [5, 5.41) is 10.1. The highest BCUT2D eigenvalue weighted by Crippen LogP contribution is 2.13. The molecule has 0 fully saturated rings. The van der Waals surface area contributed by atoms with Gasteiger partial charge in [0.25, 0.3) is 0 Å². The molecule has 0 radical (unpaired) electrons. The Morgan fingerprint density at radius 2 is 2.19 bits per heavy atom. The maximum absolute atomic E-state index is 10.1. The van der Waals surface area contributed by atoms with Crippen molar-refractivity contribution in [3.63, 3.8) is 0 Å². The molecule has 1 N–H and O–H groups in total. The van der Waals surface area contributed by atoms with E-state index in [1.54, 1.807) is 0 Å². The van der Waals surface area contributed by atoms with Gasteiger partial charge < -0.3 is 9.84 Å². The van der Waals surface area contributed by atoms with Crippen LogP contribution in [0.3, 0.4) is 0 Å². The number of aliphatic hydroxyl groups excluding tert-OH is 1. The van der Waals surface area contributed by atoms with Crippen molar-refractivity contribution >= 4 is 0 Å². The van der Waals surface area contributed by atoms with Crippen LogP contribution in [0.2, 0.25) is 0 Å². The molecule has 0 heterocycles. The minimum absolute atomic E-state index is 0.248. The van der Waals surface area contributed by atoms with Gasteiger partial charge in [-0.05, 0) is 25.8 Å². The summed E-state index contributed by atoms with van der Waals surface area (Å²) in [5.74, 6) is 2.41. The van der Waals surface area contributed by atoms with Crippen molar-refractivity contribution in [2.45, 2.75) is 45.9 Å². The van der Waals surface area contributed by atoms with E-state index >= 15 is 0 Å². The zero-order chi connectivity index (χ0) is 15.7. The summed E-state index contributed by atoms with van der Waals surface area (Å²) in [6.45, 7) is 8.40. The molecule has 0 aromatic heterocycles. The van der Waals surface area contributed by atoms with Crippen molar-refractivity contribution in [2.75, 3.05) is 19.8 Å². The number of hydrogen-bond acceptors (Lipinski definition) is 3. The van der Waals surface area contributed by atoms with E-state index in [0.717, 1.165) is 13.0 Å². The molecule has 0 aliphatic carbocycles. The number of nitrogens with zero attached hydrogens (tertiary/aromatic N) is 1. The third-order valence-corrected chi connectivity index (χ3v) is 3.62. The topological polar surface area (TPSA) is 32.7 Å². The van der Waals surface area contributed by atoms with E-state index < -0.39 is 6.10 Å². The van der Waals surface area contributed by atoms with E-state index in [0.29, 0.717) is 12.6 Å². The van der Waals surface area contributed by atoms with E-state index in [-0.39, 0.29) is 13.2 Å². The Labute approximate surface area is 128 Å².